The molecule has 0 unspecified atom stereocenters. The number of pyridine rings is 1. The zero-order chi connectivity index (χ0) is 22.7. The summed E-state index contributed by atoms with van der Waals surface area (Å²) in [6, 6.07) is 8.35. The monoisotopic (exact) mass is 435 g/mol. The number of carbonyl (C=O) groups excluding carboxylic acids is 2. The van der Waals surface area contributed by atoms with Crippen LogP contribution in [0.25, 0.3) is 11.1 Å². The molecule has 2 aromatic rings. The van der Waals surface area contributed by atoms with Crippen LogP contribution in [0, 0.1) is 0 Å². The second-order valence-electron chi connectivity index (χ2n) is 7.95. The number of esters is 1. The Morgan fingerprint density at radius 1 is 1.25 bits per heavy atom. The Morgan fingerprint density at radius 2 is 2.06 bits per heavy atom. The fraction of sp³-hybridized carbons (Fsp3) is 0.400. The van der Waals surface area contributed by atoms with Gasteiger partial charge in [-0.3, -0.25) is 4.79 Å². The Balaban J connectivity index is 1.81. The first-order chi connectivity index (χ1) is 15.6. The summed E-state index contributed by atoms with van der Waals surface area (Å²) < 4.78 is 11.2. The van der Waals surface area contributed by atoms with Gasteiger partial charge in [0.25, 0.3) is 0 Å². The summed E-state index contributed by atoms with van der Waals surface area (Å²) in [4.78, 5) is 31.7. The minimum Gasteiger partial charge on any atom is -0.462 e. The molecule has 0 saturated heterocycles. The maximum atomic E-state index is 12.6. The highest BCUT2D eigenvalue weighted by atomic mass is 16.5. The van der Waals surface area contributed by atoms with Gasteiger partial charge in [-0.2, -0.15) is 0 Å². The van der Waals surface area contributed by atoms with E-state index in [1.165, 1.54) is 0 Å². The average Bonchev–Trinajstić information content (AvgIpc) is 3.66. The topological polar surface area (TPSA) is 80.8 Å². The molecule has 7 heteroatoms. The summed E-state index contributed by atoms with van der Waals surface area (Å²) in [5.41, 5.74) is 5.23. The molecular weight excluding hydrogens is 406 g/mol. The number of rotatable bonds is 8. The summed E-state index contributed by atoms with van der Waals surface area (Å²) >= 11 is 0. The third-order valence-electron chi connectivity index (χ3n) is 5.79. The van der Waals surface area contributed by atoms with Crippen molar-refractivity contribution in [3.8, 4) is 11.1 Å². The smallest absolute Gasteiger partial charge is 0.343 e. The number of benzene rings is 1. The first-order valence-electron chi connectivity index (χ1n) is 11.1. The van der Waals surface area contributed by atoms with E-state index in [9.17, 15) is 9.59 Å². The molecule has 168 valence electrons. The molecular formula is C25H29N3O4. The predicted octanol–water partition coefficient (Wildman–Crippen LogP) is 4.22. The van der Waals surface area contributed by atoms with Crippen LogP contribution >= 0.6 is 0 Å². The molecule has 7 nitrogen and oxygen atoms in total. The molecule has 1 aliphatic heterocycles. The molecule has 2 heterocycles. The number of hydrogen-bond donors (Lipinski definition) is 1. The standard InChI is InChI=1S/C25H29N3O4/c1-4-23(29)20(25(30)32-5-2)13-28(17-9-10-17)22-8-6-7-18-19-12-27-24(26-3)11-16(19)14-31-15-21(18)22/h6-8,11-13,17H,4-5,9-10,14-15H2,1-3H3,(H,26,27)/b20-13+. The Hall–Kier alpha value is -3.19. The van der Waals surface area contributed by atoms with Crippen molar-refractivity contribution in [2.45, 2.75) is 52.4 Å². The summed E-state index contributed by atoms with van der Waals surface area (Å²) in [6.45, 7) is 4.64. The van der Waals surface area contributed by atoms with E-state index in [2.05, 4.69) is 21.3 Å². The van der Waals surface area contributed by atoms with E-state index in [-0.39, 0.29) is 30.4 Å². The van der Waals surface area contributed by atoms with Crippen molar-refractivity contribution in [1.29, 1.82) is 0 Å². The number of Topliss-reactive ketones (excluding diaryl/α,β-unsaturated/α-hetero) is 1. The lowest BCUT2D eigenvalue weighted by Gasteiger charge is -2.25. The average molecular weight is 436 g/mol. The van der Waals surface area contributed by atoms with Crippen LogP contribution in [0.15, 0.2) is 42.2 Å². The van der Waals surface area contributed by atoms with Crippen molar-refractivity contribution in [3.63, 3.8) is 0 Å². The van der Waals surface area contributed by atoms with Crippen molar-refractivity contribution in [1.82, 2.24) is 4.98 Å². The van der Waals surface area contributed by atoms with E-state index in [0.717, 1.165) is 46.6 Å². The molecule has 1 fully saturated rings. The Morgan fingerprint density at radius 3 is 2.75 bits per heavy atom. The predicted molar refractivity (Wildman–Crippen MR) is 123 cm³/mol. The molecule has 2 aliphatic rings. The van der Waals surface area contributed by atoms with Crippen molar-refractivity contribution >= 4 is 23.3 Å². The van der Waals surface area contributed by atoms with Gasteiger partial charge in [0.2, 0.25) is 0 Å². The number of nitrogens with one attached hydrogen (secondary N) is 1. The maximum Gasteiger partial charge on any atom is 0.343 e. The van der Waals surface area contributed by atoms with Gasteiger partial charge in [0.05, 0.1) is 19.8 Å². The van der Waals surface area contributed by atoms with Crippen LogP contribution in [0.2, 0.25) is 0 Å². The lowest BCUT2D eigenvalue weighted by atomic mass is 9.96. The highest BCUT2D eigenvalue weighted by Gasteiger charge is 2.33. The summed E-state index contributed by atoms with van der Waals surface area (Å²) in [5, 5.41) is 3.07. The molecule has 1 N–H and O–H groups in total. The molecule has 1 saturated carbocycles. The highest BCUT2D eigenvalue weighted by molar-refractivity contribution is 6.17. The van der Waals surface area contributed by atoms with Crippen LogP contribution in [0.4, 0.5) is 11.5 Å². The summed E-state index contributed by atoms with van der Waals surface area (Å²) in [6.07, 6.45) is 5.81. The van der Waals surface area contributed by atoms with Crippen molar-refractivity contribution in [2.24, 2.45) is 0 Å². The van der Waals surface area contributed by atoms with Crippen LogP contribution < -0.4 is 10.2 Å². The van der Waals surface area contributed by atoms with E-state index < -0.39 is 5.97 Å². The number of ether oxygens (including phenoxy) is 2. The lowest BCUT2D eigenvalue weighted by molar-refractivity contribution is -0.140. The number of fused-ring (bicyclic) bond motifs is 3. The van der Waals surface area contributed by atoms with Gasteiger partial charge in [0.1, 0.15) is 11.4 Å². The second-order valence-corrected chi connectivity index (χ2v) is 7.95. The Bertz CT molecular complexity index is 1060. The van der Waals surface area contributed by atoms with Crippen molar-refractivity contribution in [3.05, 3.63) is 53.4 Å². The first kappa shape index (κ1) is 22.0. The largest absolute Gasteiger partial charge is 0.462 e. The summed E-state index contributed by atoms with van der Waals surface area (Å²) in [5.74, 6) is 0.00516. The van der Waals surface area contributed by atoms with Gasteiger partial charge in [-0.15, -0.1) is 0 Å². The molecule has 0 spiro atoms. The highest BCUT2D eigenvalue weighted by Crippen LogP contribution is 2.41. The molecule has 1 aromatic carbocycles. The Labute approximate surface area is 188 Å². The SMILES string of the molecule is CCOC(=O)/C(=C/N(c1cccc2c1COCc1cc(NC)ncc1-2)C1CC1)C(=O)CC. The van der Waals surface area contributed by atoms with E-state index in [1.807, 2.05) is 31.4 Å². The molecule has 0 atom stereocenters. The number of ketones is 1. The normalized spacial score (nSPS) is 15.3. The molecule has 0 radical (unpaired) electrons. The van der Waals surface area contributed by atoms with Crippen LogP contribution in [0.3, 0.4) is 0 Å². The molecule has 32 heavy (non-hydrogen) atoms. The zero-order valence-corrected chi connectivity index (χ0v) is 18.8. The third-order valence-corrected chi connectivity index (χ3v) is 5.79. The molecule has 0 bridgehead atoms. The fourth-order valence-corrected chi connectivity index (χ4v) is 3.98. The fourth-order valence-electron chi connectivity index (χ4n) is 3.98. The third kappa shape index (κ3) is 4.39. The quantitative estimate of drug-likeness (QED) is 0.288. The molecule has 1 aliphatic carbocycles. The second kappa shape index (κ2) is 9.53. The Kier molecular flexibility index (Phi) is 6.55. The van der Waals surface area contributed by atoms with Gasteiger partial charge in [-0.05, 0) is 43.0 Å². The van der Waals surface area contributed by atoms with Crippen molar-refractivity contribution < 1.29 is 19.1 Å². The number of carbonyl (C=O) groups is 2. The molecule has 4 rings (SSSR count). The van der Waals surface area contributed by atoms with Crippen LogP contribution in [-0.2, 0) is 32.3 Å². The van der Waals surface area contributed by atoms with Crippen LogP contribution in [0.1, 0.15) is 44.2 Å². The van der Waals surface area contributed by atoms with Gasteiger partial charge in [-0.25, -0.2) is 9.78 Å². The number of nitrogens with zero attached hydrogens (tertiary/aromatic N) is 2. The van der Waals surface area contributed by atoms with Crippen LogP contribution in [-0.4, -0.2) is 36.4 Å². The summed E-state index contributed by atoms with van der Waals surface area (Å²) in [7, 11) is 1.84. The minimum absolute atomic E-state index is 0.0918. The lowest BCUT2D eigenvalue weighted by Crippen LogP contribution is -2.25. The van der Waals surface area contributed by atoms with Crippen molar-refractivity contribution in [2.75, 3.05) is 23.9 Å². The molecule has 0 amide bonds. The maximum absolute atomic E-state index is 12.6. The number of hydrogen-bond acceptors (Lipinski definition) is 7. The zero-order valence-electron chi connectivity index (χ0n) is 18.8. The van der Waals surface area contributed by atoms with Gasteiger partial charge < -0.3 is 19.7 Å². The number of aromatic nitrogens is 1. The van der Waals surface area contributed by atoms with Crippen LogP contribution in [0.5, 0.6) is 0 Å². The minimum atomic E-state index is -0.572. The number of anilines is 2. The molecule has 1 aromatic heterocycles. The van der Waals surface area contributed by atoms with E-state index >= 15 is 0 Å². The van der Waals surface area contributed by atoms with Gasteiger partial charge in [0.15, 0.2) is 5.78 Å². The van der Waals surface area contributed by atoms with E-state index in [4.69, 9.17) is 9.47 Å². The first-order valence-corrected chi connectivity index (χ1v) is 11.1. The van der Waals surface area contributed by atoms with Gasteiger partial charge in [-0.1, -0.05) is 19.1 Å². The van der Waals surface area contributed by atoms with Gasteiger partial charge >= 0.3 is 5.97 Å². The van der Waals surface area contributed by atoms with E-state index in [0.29, 0.717) is 13.2 Å². The van der Waals surface area contributed by atoms with Gasteiger partial charge in [0, 0.05) is 48.7 Å². The van der Waals surface area contributed by atoms with E-state index in [1.54, 1.807) is 20.0 Å².